The lowest BCUT2D eigenvalue weighted by Crippen LogP contribution is -2.21. The Morgan fingerprint density at radius 3 is 2.65 bits per heavy atom. The van der Waals surface area contributed by atoms with Crippen LogP contribution in [0.15, 0.2) is 24.3 Å². The summed E-state index contributed by atoms with van der Waals surface area (Å²) in [6.45, 7) is 4.17. The van der Waals surface area contributed by atoms with Crippen molar-refractivity contribution in [3.63, 3.8) is 0 Å². The van der Waals surface area contributed by atoms with Crippen LogP contribution in [-0.2, 0) is 9.59 Å². The Morgan fingerprint density at radius 2 is 2.05 bits per heavy atom. The molecule has 0 bridgehead atoms. The molecule has 0 aromatic heterocycles. The third-order valence-electron chi connectivity index (χ3n) is 2.52. The molecule has 0 spiro atoms. The standard InChI is InChI=1S/C14H19NO4S/c1-3-12(14(17)18)20-9-13(16)15-10-7-5-6-8-11(10)19-4-2/h5-8,12H,3-4,9H2,1-2H3,(H,15,16)(H,17,18). The summed E-state index contributed by atoms with van der Waals surface area (Å²) in [7, 11) is 0. The summed E-state index contributed by atoms with van der Waals surface area (Å²) in [6.07, 6.45) is 0.489. The van der Waals surface area contributed by atoms with Gasteiger partial charge in [0.15, 0.2) is 0 Å². The number of nitrogens with one attached hydrogen (secondary N) is 1. The molecule has 110 valence electrons. The minimum Gasteiger partial charge on any atom is -0.492 e. The van der Waals surface area contributed by atoms with Gasteiger partial charge in [-0.2, -0.15) is 0 Å². The number of para-hydroxylation sites is 2. The van der Waals surface area contributed by atoms with Crippen molar-refractivity contribution < 1.29 is 19.4 Å². The SMILES string of the molecule is CCOc1ccccc1NC(=O)CSC(CC)C(=O)O. The molecule has 0 aliphatic heterocycles. The Labute approximate surface area is 122 Å². The van der Waals surface area contributed by atoms with Crippen molar-refractivity contribution in [3.8, 4) is 5.75 Å². The molecule has 0 radical (unpaired) electrons. The van der Waals surface area contributed by atoms with E-state index in [0.29, 0.717) is 24.5 Å². The van der Waals surface area contributed by atoms with Gasteiger partial charge in [-0.1, -0.05) is 19.1 Å². The van der Waals surface area contributed by atoms with E-state index in [-0.39, 0.29) is 11.7 Å². The minimum absolute atomic E-state index is 0.102. The van der Waals surface area contributed by atoms with Gasteiger partial charge in [-0.15, -0.1) is 11.8 Å². The van der Waals surface area contributed by atoms with E-state index in [1.165, 1.54) is 0 Å². The Morgan fingerprint density at radius 1 is 1.35 bits per heavy atom. The number of carboxylic acid groups (broad SMARTS) is 1. The Balaban J connectivity index is 2.56. The molecular weight excluding hydrogens is 278 g/mol. The maximum absolute atomic E-state index is 11.8. The number of amides is 1. The molecule has 2 N–H and O–H groups in total. The average Bonchev–Trinajstić information content (AvgIpc) is 2.41. The summed E-state index contributed by atoms with van der Waals surface area (Å²) >= 11 is 1.12. The van der Waals surface area contributed by atoms with Crippen LogP contribution >= 0.6 is 11.8 Å². The fourth-order valence-electron chi connectivity index (χ4n) is 1.58. The highest BCUT2D eigenvalue weighted by Gasteiger charge is 2.17. The van der Waals surface area contributed by atoms with Gasteiger partial charge < -0.3 is 15.2 Å². The van der Waals surface area contributed by atoms with Crippen LogP contribution in [-0.4, -0.2) is 34.6 Å². The molecule has 0 aliphatic rings. The first kappa shape index (κ1) is 16.4. The number of ether oxygens (including phenoxy) is 1. The van der Waals surface area contributed by atoms with Crippen LogP contribution in [0.1, 0.15) is 20.3 Å². The van der Waals surface area contributed by atoms with Gasteiger partial charge in [0, 0.05) is 0 Å². The molecule has 1 aromatic carbocycles. The molecule has 0 fully saturated rings. The molecule has 5 nitrogen and oxygen atoms in total. The van der Waals surface area contributed by atoms with Crippen LogP contribution in [0, 0.1) is 0 Å². The number of carbonyl (C=O) groups excluding carboxylic acids is 1. The van der Waals surface area contributed by atoms with E-state index in [1.807, 2.05) is 13.0 Å². The lowest BCUT2D eigenvalue weighted by molar-refractivity contribution is -0.136. The van der Waals surface area contributed by atoms with Crippen molar-refractivity contribution in [2.45, 2.75) is 25.5 Å². The van der Waals surface area contributed by atoms with Crippen LogP contribution in [0.4, 0.5) is 5.69 Å². The molecule has 1 atom stereocenters. The fraction of sp³-hybridized carbons (Fsp3) is 0.429. The van der Waals surface area contributed by atoms with Crippen molar-refractivity contribution in [1.82, 2.24) is 0 Å². The smallest absolute Gasteiger partial charge is 0.316 e. The Hall–Kier alpha value is -1.69. The summed E-state index contributed by atoms with van der Waals surface area (Å²) in [5.74, 6) is -0.411. The number of rotatable bonds is 8. The van der Waals surface area contributed by atoms with E-state index in [9.17, 15) is 9.59 Å². The molecule has 0 saturated carbocycles. The topological polar surface area (TPSA) is 75.6 Å². The van der Waals surface area contributed by atoms with Crippen molar-refractivity contribution in [3.05, 3.63) is 24.3 Å². The molecule has 6 heteroatoms. The maximum Gasteiger partial charge on any atom is 0.316 e. The van der Waals surface area contributed by atoms with Crippen LogP contribution in [0.3, 0.4) is 0 Å². The van der Waals surface area contributed by atoms with Gasteiger partial charge in [0.1, 0.15) is 11.0 Å². The van der Waals surface area contributed by atoms with Crippen LogP contribution in [0.5, 0.6) is 5.75 Å². The summed E-state index contributed by atoms with van der Waals surface area (Å²) in [4.78, 5) is 22.7. The van der Waals surface area contributed by atoms with Gasteiger partial charge >= 0.3 is 5.97 Å². The maximum atomic E-state index is 11.8. The molecule has 1 rings (SSSR count). The number of aliphatic carboxylic acids is 1. The van der Waals surface area contributed by atoms with E-state index in [2.05, 4.69) is 5.32 Å². The third kappa shape index (κ3) is 5.13. The number of benzene rings is 1. The summed E-state index contributed by atoms with van der Waals surface area (Å²) < 4.78 is 5.41. The predicted octanol–water partition coefficient (Wildman–Crippen LogP) is 2.62. The fourth-order valence-corrected chi connectivity index (χ4v) is 2.38. The molecule has 1 unspecified atom stereocenters. The van der Waals surface area contributed by atoms with Gasteiger partial charge in [-0.3, -0.25) is 9.59 Å². The van der Waals surface area contributed by atoms with Gasteiger partial charge in [0.05, 0.1) is 18.0 Å². The molecule has 0 heterocycles. The number of carboxylic acids is 1. The predicted molar refractivity (Wildman–Crippen MR) is 80.4 cm³/mol. The van der Waals surface area contributed by atoms with Gasteiger partial charge in [0.2, 0.25) is 5.91 Å². The summed E-state index contributed by atoms with van der Waals surface area (Å²) in [6, 6.07) is 7.16. The van der Waals surface area contributed by atoms with Crippen molar-refractivity contribution in [2.24, 2.45) is 0 Å². The van der Waals surface area contributed by atoms with Gasteiger partial charge in [0.25, 0.3) is 0 Å². The summed E-state index contributed by atoms with van der Waals surface area (Å²) in [5, 5.41) is 11.1. The zero-order valence-electron chi connectivity index (χ0n) is 11.6. The molecule has 20 heavy (non-hydrogen) atoms. The van der Waals surface area contributed by atoms with E-state index < -0.39 is 11.2 Å². The Kier molecular flexibility index (Phi) is 6.93. The minimum atomic E-state index is -0.889. The highest BCUT2D eigenvalue weighted by atomic mass is 32.2. The molecule has 0 saturated heterocycles. The number of anilines is 1. The summed E-state index contributed by atoms with van der Waals surface area (Å²) in [5.41, 5.74) is 0.600. The second kappa shape index (κ2) is 8.47. The molecular formula is C14H19NO4S. The molecule has 0 aliphatic carbocycles. The third-order valence-corrected chi connectivity index (χ3v) is 3.89. The number of carbonyl (C=O) groups is 2. The Bertz CT molecular complexity index is 464. The zero-order valence-corrected chi connectivity index (χ0v) is 12.4. The van der Waals surface area contributed by atoms with Crippen molar-refractivity contribution in [1.29, 1.82) is 0 Å². The lowest BCUT2D eigenvalue weighted by Gasteiger charge is -2.12. The van der Waals surface area contributed by atoms with Crippen molar-refractivity contribution >= 4 is 29.3 Å². The van der Waals surface area contributed by atoms with E-state index in [1.54, 1.807) is 25.1 Å². The van der Waals surface area contributed by atoms with E-state index in [4.69, 9.17) is 9.84 Å². The van der Waals surface area contributed by atoms with E-state index >= 15 is 0 Å². The lowest BCUT2D eigenvalue weighted by atomic mass is 10.3. The highest BCUT2D eigenvalue weighted by Crippen LogP contribution is 2.24. The zero-order chi connectivity index (χ0) is 15.0. The van der Waals surface area contributed by atoms with Gasteiger partial charge in [-0.25, -0.2) is 0 Å². The van der Waals surface area contributed by atoms with Gasteiger partial charge in [-0.05, 0) is 25.5 Å². The second-order valence-corrected chi connectivity index (χ2v) is 5.21. The largest absolute Gasteiger partial charge is 0.492 e. The van der Waals surface area contributed by atoms with Crippen LogP contribution in [0.2, 0.25) is 0 Å². The van der Waals surface area contributed by atoms with Crippen LogP contribution in [0.25, 0.3) is 0 Å². The molecule has 1 aromatic rings. The quantitative estimate of drug-likeness (QED) is 0.771. The van der Waals surface area contributed by atoms with Crippen molar-refractivity contribution in [2.75, 3.05) is 17.7 Å². The first-order valence-corrected chi connectivity index (χ1v) is 7.49. The number of hydrogen-bond acceptors (Lipinski definition) is 4. The van der Waals surface area contributed by atoms with Crippen LogP contribution < -0.4 is 10.1 Å². The monoisotopic (exact) mass is 297 g/mol. The normalized spacial score (nSPS) is 11.7. The average molecular weight is 297 g/mol. The first-order valence-electron chi connectivity index (χ1n) is 6.44. The first-order chi connectivity index (χ1) is 9.58. The highest BCUT2D eigenvalue weighted by molar-refractivity contribution is 8.01. The van der Waals surface area contributed by atoms with E-state index in [0.717, 1.165) is 11.8 Å². The number of hydrogen-bond donors (Lipinski definition) is 2. The number of thioether (sulfide) groups is 1. The molecule has 1 amide bonds. The second-order valence-electron chi connectivity index (χ2n) is 4.02.